The first kappa shape index (κ1) is 22.0. The fourth-order valence-electron chi connectivity index (χ4n) is 3.01. The molecule has 1 unspecified atom stereocenters. The summed E-state index contributed by atoms with van der Waals surface area (Å²) in [5.74, 6) is 0.458. The summed E-state index contributed by atoms with van der Waals surface area (Å²) in [5.41, 5.74) is 7.93. The molecule has 146 valence electrons. The van der Waals surface area contributed by atoms with Gasteiger partial charge in [-0.05, 0) is 44.1 Å². The first-order valence-electron chi connectivity index (χ1n) is 8.91. The third kappa shape index (κ3) is 6.37. The number of hydrogen-bond donors (Lipinski definition) is 2. The summed E-state index contributed by atoms with van der Waals surface area (Å²) >= 11 is 0. The molecule has 1 fully saturated rings. The maximum Gasteiger partial charge on any atom is 0.263 e. The van der Waals surface area contributed by atoms with Crippen molar-refractivity contribution in [2.45, 2.75) is 51.5 Å². The Morgan fingerprint density at radius 2 is 2.15 bits per heavy atom. The predicted octanol–water partition coefficient (Wildman–Crippen LogP) is 4.69. The van der Waals surface area contributed by atoms with Crippen LogP contribution in [0.3, 0.4) is 0 Å². The van der Waals surface area contributed by atoms with Crippen molar-refractivity contribution in [2.24, 2.45) is 11.7 Å². The lowest BCUT2D eigenvalue weighted by Gasteiger charge is -2.29. The van der Waals surface area contributed by atoms with Gasteiger partial charge in [0.2, 0.25) is 5.91 Å². The second kappa shape index (κ2) is 10.2. The van der Waals surface area contributed by atoms with E-state index in [4.69, 9.17) is 5.73 Å². The van der Waals surface area contributed by atoms with Gasteiger partial charge in [-0.1, -0.05) is 56.0 Å². The van der Waals surface area contributed by atoms with Crippen molar-refractivity contribution in [3.63, 3.8) is 0 Å². The van der Waals surface area contributed by atoms with Gasteiger partial charge in [0, 0.05) is 7.00 Å². The number of carbonyl (C=O) groups excluding carboxylic acids is 1. The molecule has 2 rings (SSSR count). The molecule has 0 aromatic rings. The van der Waals surface area contributed by atoms with E-state index < -0.39 is 6.43 Å². The summed E-state index contributed by atoms with van der Waals surface area (Å²) < 4.78 is 22.5. The normalized spacial score (nSPS) is 20.6. The molecule has 0 saturated heterocycles. The van der Waals surface area contributed by atoms with Crippen LogP contribution in [-0.2, 0) is 4.79 Å². The second-order valence-electron chi connectivity index (χ2n) is 6.74. The highest BCUT2D eigenvalue weighted by Gasteiger charge is 2.48. The summed E-state index contributed by atoms with van der Waals surface area (Å²) in [5, 5.41) is 3.10. The average molecular weight is 366 g/mol. The number of allylic oxidation sites excluding steroid dienone is 7. The average Bonchev–Trinajstić information content (AvgIpc) is 3.39. The molecule has 1 amide bonds. The second-order valence-corrected chi connectivity index (χ2v) is 6.74. The third-order valence-electron chi connectivity index (χ3n) is 4.62. The summed E-state index contributed by atoms with van der Waals surface area (Å²) in [4.78, 5) is 11.5. The fourth-order valence-corrected chi connectivity index (χ4v) is 3.01. The Balaban J connectivity index is 0.000000728. The van der Waals surface area contributed by atoms with E-state index in [0.717, 1.165) is 31.8 Å². The maximum absolute atomic E-state index is 11.5. The molecule has 1 saturated carbocycles. The van der Waals surface area contributed by atoms with E-state index in [-0.39, 0.29) is 25.0 Å². The molecule has 26 heavy (non-hydrogen) atoms. The van der Waals surface area contributed by atoms with E-state index in [1.54, 1.807) is 0 Å². The fraction of sp³-hybridized carbons (Fsp3) is 0.476. The van der Waals surface area contributed by atoms with E-state index in [1.165, 1.54) is 11.1 Å². The minimum Gasteiger partial charge on any atom is -0.346 e. The first-order valence-corrected chi connectivity index (χ1v) is 8.91. The molecule has 0 heterocycles. The van der Waals surface area contributed by atoms with Crippen LogP contribution in [0.15, 0.2) is 60.3 Å². The van der Waals surface area contributed by atoms with Gasteiger partial charge in [0.05, 0.1) is 12.1 Å². The van der Waals surface area contributed by atoms with Crippen molar-refractivity contribution < 1.29 is 15.0 Å². The molecule has 3 N–H and O–H groups in total. The highest BCUT2D eigenvalue weighted by molar-refractivity contribution is 5.79. The van der Waals surface area contributed by atoms with E-state index in [9.17, 15) is 13.6 Å². The lowest BCUT2D eigenvalue weighted by Crippen LogP contribution is -2.43. The minimum absolute atomic E-state index is 0. The summed E-state index contributed by atoms with van der Waals surface area (Å²) in [6.45, 7) is 10.5. The number of carbonyl (C=O) groups is 1. The smallest absolute Gasteiger partial charge is 0.263 e. The molecule has 0 aliphatic heterocycles. The molecule has 2 aliphatic rings. The zero-order chi connectivity index (χ0) is 19.7. The van der Waals surface area contributed by atoms with E-state index in [2.05, 4.69) is 56.6 Å². The van der Waals surface area contributed by atoms with E-state index in [0.29, 0.717) is 5.92 Å². The van der Waals surface area contributed by atoms with Crippen molar-refractivity contribution in [2.75, 3.05) is 6.54 Å². The number of halogens is 2. The highest BCUT2D eigenvalue weighted by atomic mass is 19.3. The number of nitrogens with one attached hydrogen (secondary N) is 1. The number of alkyl halides is 2. The van der Waals surface area contributed by atoms with Crippen LogP contribution >= 0.6 is 0 Å². The molecule has 0 aromatic carbocycles. The van der Waals surface area contributed by atoms with Gasteiger partial charge in [-0.25, -0.2) is 8.78 Å². The summed E-state index contributed by atoms with van der Waals surface area (Å²) in [6.07, 6.45) is 11.6. The van der Waals surface area contributed by atoms with Gasteiger partial charge < -0.3 is 11.1 Å². The van der Waals surface area contributed by atoms with Crippen LogP contribution in [0, 0.1) is 5.92 Å². The zero-order valence-corrected chi connectivity index (χ0v) is 15.7. The highest BCUT2D eigenvalue weighted by Crippen LogP contribution is 2.47. The summed E-state index contributed by atoms with van der Waals surface area (Å²) in [7, 11) is 0. The molecule has 2 aliphatic carbocycles. The van der Waals surface area contributed by atoms with Gasteiger partial charge in [0.1, 0.15) is 0 Å². The lowest BCUT2D eigenvalue weighted by atomic mass is 9.82. The van der Waals surface area contributed by atoms with Gasteiger partial charge in [0.25, 0.3) is 6.43 Å². The molecular formula is C21H32F2N2O. The topological polar surface area (TPSA) is 55.1 Å². The molecular weight excluding hydrogens is 334 g/mol. The largest absolute Gasteiger partial charge is 0.346 e. The molecule has 0 aromatic heterocycles. The molecule has 0 radical (unpaired) electrons. The van der Waals surface area contributed by atoms with Crippen LogP contribution in [0.5, 0.6) is 0 Å². The number of amides is 1. The number of hydrogen-bond acceptors (Lipinski definition) is 2. The zero-order valence-electron chi connectivity index (χ0n) is 15.7. The Morgan fingerprint density at radius 3 is 2.54 bits per heavy atom. The van der Waals surface area contributed by atoms with Crippen LogP contribution < -0.4 is 11.1 Å². The van der Waals surface area contributed by atoms with Crippen molar-refractivity contribution in [3.05, 3.63) is 60.3 Å². The molecule has 1 atom stereocenters. The first-order chi connectivity index (χ1) is 12.3. The molecule has 0 spiro atoms. The molecule has 5 heteroatoms. The Bertz CT molecular complexity index is 620. The van der Waals surface area contributed by atoms with Crippen LogP contribution in [0.4, 0.5) is 8.78 Å². The Hall–Kier alpha value is -2.01. The van der Waals surface area contributed by atoms with Crippen molar-refractivity contribution >= 4 is 5.91 Å². The van der Waals surface area contributed by atoms with Crippen LogP contribution in [0.25, 0.3) is 0 Å². The van der Waals surface area contributed by atoms with Gasteiger partial charge in [0.15, 0.2) is 0 Å². The van der Waals surface area contributed by atoms with Crippen molar-refractivity contribution in [3.8, 4) is 0 Å². The SMILES string of the molecule is C/C=C/CC1=CC=C(C2(NC(=O)CN)CC2)C(C)C1.C=CC(=C)C(F)F.[HH]. The van der Waals surface area contributed by atoms with E-state index >= 15 is 0 Å². The van der Waals surface area contributed by atoms with Crippen LogP contribution in [-0.4, -0.2) is 24.4 Å². The Labute approximate surface area is 156 Å². The third-order valence-corrected chi connectivity index (χ3v) is 4.62. The molecule has 0 bridgehead atoms. The molecule has 3 nitrogen and oxygen atoms in total. The monoisotopic (exact) mass is 366 g/mol. The lowest BCUT2D eigenvalue weighted by molar-refractivity contribution is -0.120. The Morgan fingerprint density at radius 1 is 1.50 bits per heavy atom. The maximum atomic E-state index is 11.5. The predicted molar refractivity (Wildman–Crippen MR) is 106 cm³/mol. The van der Waals surface area contributed by atoms with Gasteiger partial charge in [-0.3, -0.25) is 4.79 Å². The van der Waals surface area contributed by atoms with Crippen LogP contribution in [0.1, 0.15) is 41.0 Å². The van der Waals surface area contributed by atoms with Gasteiger partial charge in [-0.2, -0.15) is 0 Å². The number of rotatable bonds is 7. The van der Waals surface area contributed by atoms with Gasteiger partial charge >= 0.3 is 0 Å². The standard InChI is InChI=1S/C16H24N2O.C5H6F2.H2/c1-3-4-5-13-6-7-14(12(2)10-13)16(8-9-16)18-15(19)11-17;1-3-4(2)5(6)7;/h3-4,6-7,12H,5,8-11,17H2,1-2H3,(H,18,19);3,5H,1-2H2;1H/b4-3+;;. The summed E-state index contributed by atoms with van der Waals surface area (Å²) in [6, 6.07) is 0. The number of nitrogens with two attached hydrogens (primary N) is 1. The van der Waals surface area contributed by atoms with E-state index in [1.807, 2.05) is 0 Å². The minimum atomic E-state index is -2.45. The van der Waals surface area contributed by atoms with Crippen LogP contribution in [0.2, 0.25) is 0 Å². The van der Waals surface area contributed by atoms with Gasteiger partial charge in [-0.15, -0.1) is 0 Å². The van der Waals surface area contributed by atoms with Crippen molar-refractivity contribution in [1.29, 1.82) is 0 Å². The Kier molecular flexibility index (Phi) is 8.66. The quantitative estimate of drug-likeness (QED) is 0.507. The van der Waals surface area contributed by atoms with Crippen molar-refractivity contribution in [1.82, 2.24) is 5.32 Å².